The molecule has 0 unspecified atom stereocenters. The predicted molar refractivity (Wildman–Crippen MR) is 36.9 cm³/mol. The molecular weight excluding hydrogens is 118 g/mol. The summed E-state index contributed by atoms with van der Waals surface area (Å²) in [5.41, 5.74) is 6.09. The van der Waals surface area contributed by atoms with E-state index in [4.69, 9.17) is 5.73 Å². The Kier molecular flexibility index (Phi) is 1.44. The van der Waals surface area contributed by atoms with E-state index in [0.29, 0.717) is 5.69 Å². The van der Waals surface area contributed by atoms with E-state index in [9.17, 15) is 0 Å². The molecule has 0 aliphatic rings. The zero-order valence-corrected chi connectivity index (χ0v) is 5.15. The normalized spacial score (nSPS) is 9.12. The smallest absolute Gasteiger partial charge is 0.0455 e. The molecule has 1 rings (SSSR count). The molecule has 1 aromatic rings. The number of hydrogen-bond donors (Lipinski definition) is 2. The summed E-state index contributed by atoms with van der Waals surface area (Å²) in [4.78, 5) is 0.809. The van der Waals surface area contributed by atoms with Gasteiger partial charge in [0.2, 0.25) is 0 Å². The van der Waals surface area contributed by atoms with E-state index < -0.39 is 0 Å². The first-order chi connectivity index (χ1) is 3.80. The average Bonchev–Trinajstić information content (AvgIpc) is 1.77. The van der Waals surface area contributed by atoms with E-state index in [1.54, 1.807) is 18.2 Å². The quantitative estimate of drug-likeness (QED) is 0.396. The lowest BCUT2D eigenvalue weighted by Gasteiger charge is -1.92. The number of anilines is 1. The Labute approximate surface area is 53.9 Å². The Balaban J connectivity index is 3.13. The van der Waals surface area contributed by atoms with Crippen molar-refractivity contribution in [3.63, 3.8) is 0 Å². The van der Waals surface area contributed by atoms with Gasteiger partial charge in [0.25, 0.3) is 0 Å². The molecule has 0 aliphatic carbocycles. The fourth-order valence-corrected chi connectivity index (χ4v) is 0.574. The van der Waals surface area contributed by atoms with Crippen LogP contribution >= 0.6 is 12.6 Å². The second-order valence-electron chi connectivity index (χ2n) is 1.48. The molecule has 0 aromatic heterocycles. The maximum atomic E-state index is 5.41. The van der Waals surface area contributed by atoms with Crippen molar-refractivity contribution in [2.45, 2.75) is 4.90 Å². The fourth-order valence-electron chi connectivity index (χ4n) is 0.435. The minimum absolute atomic E-state index is 0.677. The highest BCUT2D eigenvalue weighted by Gasteiger charge is 1.86. The molecule has 0 heterocycles. The van der Waals surface area contributed by atoms with Crippen LogP contribution in [0.5, 0.6) is 0 Å². The van der Waals surface area contributed by atoms with Crippen LogP contribution in [0.25, 0.3) is 0 Å². The van der Waals surface area contributed by atoms with Crippen molar-refractivity contribution in [1.82, 2.24) is 0 Å². The number of nitrogen functional groups attached to an aromatic ring is 1. The minimum Gasteiger partial charge on any atom is -0.398 e. The summed E-state index contributed by atoms with van der Waals surface area (Å²) in [7, 11) is 0. The topological polar surface area (TPSA) is 26.0 Å². The molecule has 1 radical (unpaired) electrons. The highest BCUT2D eigenvalue weighted by atomic mass is 32.1. The van der Waals surface area contributed by atoms with Gasteiger partial charge in [-0.1, -0.05) is 6.07 Å². The van der Waals surface area contributed by atoms with Gasteiger partial charge in [-0.2, -0.15) is 0 Å². The number of nitrogens with two attached hydrogens (primary N) is 1. The summed E-state index contributed by atoms with van der Waals surface area (Å²) < 4.78 is 0. The second kappa shape index (κ2) is 2.09. The summed E-state index contributed by atoms with van der Waals surface area (Å²) in [6, 6.07) is 8.10. The first kappa shape index (κ1) is 5.51. The standard InChI is InChI=1S/C6H6NS/c7-5-3-1-2-4-6(5)8/h2-4,8H,7H2. The maximum Gasteiger partial charge on any atom is 0.0455 e. The molecule has 0 spiro atoms. The van der Waals surface area contributed by atoms with Gasteiger partial charge >= 0.3 is 0 Å². The SMILES string of the molecule is Nc1c[c]ccc1S. The van der Waals surface area contributed by atoms with Crippen molar-refractivity contribution < 1.29 is 0 Å². The van der Waals surface area contributed by atoms with Crippen molar-refractivity contribution in [2.24, 2.45) is 0 Å². The Bertz CT molecular complexity index is 165. The molecular formula is C6H6NS. The Morgan fingerprint density at radius 2 is 2.38 bits per heavy atom. The summed E-state index contributed by atoms with van der Waals surface area (Å²) in [5.74, 6) is 0. The molecule has 0 saturated heterocycles. The van der Waals surface area contributed by atoms with Crippen LogP contribution in [0.1, 0.15) is 0 Å². The largest absolute Gasteiger partial charge is 0.398 e. The Morgan fingerprint density at radius 1 is 1.62 bits per heavy atom. The molecule has 2 heteroatoms. The van der Waals surface area contributed by atoms with Crippen LogP contribution in [-0.2, 0) is 0 Å². The van der Waals surface area contributed by atoms with Crippen LogP contribution in [-0.4, -0.2) is 0 Å². The average molecular weight is 124 g/mol. The lowest BCUT2D eigenvalue weighted by Crippen LogP contribution is -1.83. The fraction of sp³-hybridized carbons (Fsp3) is 0. The molecule has 0 amide bonds. The lowest BCUT2D eigenvalue weighted by molar-refractivity contribution is 1.47. The first-order valence-corrected chi connectivity index (χ1v) is 2.70. The second-order valence-corrected chi connectivity index (χ2v) is 1.97. The zero-order chi connectivity index (χ0) is 5.98. The van der Waals surface area contributed by atoms with Crippen LogP contribution in [0, 0.1) is 6.07 Å². The van der Waals surface area contributed by atoms with Gasteiger partial charge in [-0.05, 0) is 18.2 Å². The van der Waals surface area contributed by atoms with Crippen molar-refractivity contribution in [3.8, 4) is 0 Å². The van der Waals surface area contributed by atoms with Gasteiger partial charge in [0.15, 0.2) is 0 Å². The molecule has 0 saturated carbocycles. The van der Waals surface area contributed by atoms with Crippen LogP contribution in [0.15, 0.2) is 23.1 Å². The van der Waals surface area contributed by atoms with Gasteiger partial charge in [-0.25, -0.2) is 0 Å². The van der Waals surface area contributed by atoms with Crippen molar-refractivity contribution in [2.75, 3.05) is 5.73 Å². The Morgan fingerprint density at radius 3 is 2.75 bits per heavy atom. The third-order valence-electron chi connectivity index (χ3n) is 0.872. The number of hydrogen-bond acceptors (Lipinski definition) is 2. The number of thiol groups is 1. The summed E-state index contributed by atoms with van der Waals surface area (Å²) in [5, 5.41) is 0. The van der Waals surface area contributed by atoms with Crippen LogP contribution in [0.2, 0.25) is 0 Å². The number of rotatable bonds is 0. The monoisotopic (exact) mass is 124 g/mol. The van der Waals surface area contributed by atoms with E-state index in [0.717, 1.165) is 4.90 Å². The van der Waals surface area contributed by atoms with Crippen molar-refractivity contribution >= 4 is 18.3 Å². The zero-order valence-electron chi connectivity index (χ0n) is 4.26. The van der Waals surface area contributed by atoms with Gasteiger partial charge in [-0.3, -0.25) is 0 Å². The minimum atomic E-state index is 0.677. The molecule has 1 aromatic carbocycles. The van der Waals surface area contributed by atoms with Gasteiger partial charge in [0.05, 0.1) is 0 Å². The summed E-state index contributed by atoms with van der Waals surface area (Å²) >= 11 is 4.05. The van der Waals surface area contributed by atoms with Crippen LogP contribution in [0.3, 0.4) is 0 Å². The van der Waals surface area contributed by atoms with Gasteiger partial charge in [-0.15, -0.1) is 12.6 Å². The summed E-state index contributed by atoms with van der Waals surface area (Å²) in [6.07, 6.45) is 0. The molecule has 0 atom stereocenters. The van der Waals surface area contributed by atoms with Crippen molar-refractivity contribution in [3.05, 3.63) is 24.3 Å². The van der Waals surface area contributed by atoms with E-state index in [1.165, 1.54) is 0 Å². The van der Waals surface area contributed by atoms with E-state index >= 15 is 0 Å². The molecule has 0 aliphatic heterocycles. The van der Waals surface area contributed by atoms with Crippen LogP contribution in [0.4, 0.5) is 5.69 Å². The molecule has 0 bridgehead atoms. The van der Waals surface area contributed by atoms with Crippen molar-refractivity contribution in [1.29, 1.82) is 0 Å². The van der Waals surface area contributed by atoms with Gasteiger partial charge in [0, 0.05) is 10.6 Å². The molecule has 0 fully saturated rings. The molecule has 41 valence electrons. The van der Waals surface area contributed by atoms with E-state index in [1.807, 2.05) is 0 Å². The van der Waals surface area contributed by atoms with Gasteiger partial charge < -0.3 is 5.73 Å². The van der Waals surface area contributed by atoms with Gasteiger partial charge in [0.1, 0.15) is 0 Å². The highest BCUT2D eigenvalue weighted by molar-refractivity contribution is 7.80. The predicted octanol–water partition coefficient (Wildman–Crippen LogP) is 1.36. The molecule has 8 heavy (non-hydrogen) atoms. The third-order valence-corrected chi connectivity index (χ3v) is 1.28. The maximum absolute atomic E-state index is 5.41. The molecule has 2 N–H and O–H groups in total. The third kappa shape index (κ3) is 0.954. The van der Waals surface area contributed by atoms with E-state index in [-0.39, 0.29) is 0 Å². The van der Waals surface area contributed by atoms with E-state index in [2.05, 4.69) is 18.7 Å². The Hall–Kier alpha value is -0.630. The van der Waals surface area contributed by atoms with Crippen LogP contribution < -0.4 is 5.73 Å². The first-order valence-electron chi connectivity index (χ1n) is 2.25. The number of benzene rings is 1. The molecule has 1 nitrogen and oxygen atoms in total. The lowest BCUT2D eigenvalue weighted by atomic mass is 10.3. The highest BCUT2D eigenvalue weighted by Crippen LogP contribution is 2.12. The summed E-state index contributed by atoms with van der Waals surface area (Å²) in [6.45, 7) is 0.